The smallest absolute Gasteiger partial charge is 0.0738 e. The number of nitrogens with one attached hydrogen (secondary N) is 1. The van der Waals surface area contributed by atoms with Gasteiger partial charge in [0.2, 0.25) is 0 Å². The maximum Gasteiger partial charge on any atom is 0.0738 e. The van der Waals surface area contributed by atoms with Gasteiger partial charge in [0, 0.05) is 24.5 Å². The first-order valence-electron chi connectivity index (χ1n) is 4.87. The highest BCUT2D eigenvalue weighted by Gasteiger charge is 2.06. The number of nitrogens with zero attached hydrogens (tertiary/aromatic N) is 3. The molecule has 4 nitrogen and oxygen atoms in total. The Morgan fingerprint density at radius 1 is 1.60 bits per heavy atom. The zero-order valence-corrected chi connectivity index (χ0v) is 9.66. The van der Waals surface area contributed by atoms with Crippen molar-refractivity contribution in [1.29, 1.82) is 0 Å². The van der Waals surface area contributed by atoms with E-state index in [2.05, 4.69) is 40.1 Å². The van der Waals surface area contributed by atoms with Gasteiger partial charge in [-0.3, -0.25) is 4.68 Å². The van der Waals surface area contributed by atoms with Crippen molar-refractivity contribution in [3.63, 3.8) is 0 Å². The van der Waals surface area contributed by atoms with Crippen LogP contribution in [0.15, 0.2) is 23.7 Å². The summed E-state index contributed by atoms with van der Waals surface area (Å²) in [5, 5.41) is 13.3. The normalized spacial score (nSPS) is 12.9. The molecule has 0 aliphatic rings. The van der Waals surface area contributed by atoms with Crippen LogP contribution in [0.4, 0.5) is 0 Å². The fourth-order valence-electron chi connectivity index (χ4n) is 1.37. The topological polar surface area (TPSA) is 42.7 Å². The third-order valence-corrected chi connectivity index (χ3v) is 3.42. The Labute approximate surface area is 92.9 Å². The highest BCUT2D eigenvalue weighted by Crippen LogP contribution is 2.18. The molecule has 2 aromatic heterocycles. The van der Waals surface area contributed by atoms with Crippen LogP contribution in [0.1, 0.15) is 23.5 Å². The molecule has 0 radical (unpaired) electrons. The van der Waals surface area contributed by atoms with Crippen molar-refractivity contribution < 1.29 is 0 Å². The molecule has 2 rings (SSSR count). The van der Waals surface area contributed by atoms with Gasteiger partial charge in [-0.15, -0.1) is 16.4 Å². The minimum atomic E-state index is 0.375. The van der Waals surface area contributed by atoms with Crippen LogP contribution >= 0.6 is 11.3 Å². The molecule has 0 saturated heterocycles. The molecule has 1 N–H and O–H groups in total. The van der Waals surface area contributed by atoms with Gasteiger partial charge in [0.15, 0.2) is 0 Å². The molecular formula is C10H14N4S. The summed E-state index contributed by atoms with van der Waals surface area (Å²) in [4.78, 5) is 1.35. The Balaban J connectivity index is 1.91. The molecule has 80 valence electrons. The summed E-state index contributed by atoms with van der Waals surface area (Å²) < 4.78 is 1.79. The van der Waals surface area contributed by atoms with Gasteiger partial charge in [-0.2, -0.15) is 0 Å². The molecule has 0 amide bonds. The number of aromatic nitrogens is 3. The molecule has 0 aliphatic heterocycles. The van der Waals surface area contributed by atoms with Crippen molar-refractivity contribution in [2.45, 2.75) is 19.5 Å². The van der Waals surface area contributed by atoms with Crippen LogP contribution in [0.5, 0.6) is 0 Å². The van der Waals surface area contributed by atoms with Gasteiger partial charge in [-0.05, 0) is 18.4 Å². The number of aryl methyl sites for hydroxylation is 1. The van der Waals surface area contributed by atoms with Crippen LogP contribution in [0.2, 0.25) is 0 Å². The van der Waals surface area contributed by atoms with E-state index in [-0.39, 0.29) is 0 Å². The minimum absolute atomic E-state index is 0.375. The zero-order valence-electron chi connectivity index (χ0n) is 8.84. The van der Waals surface area contributed by atoms with E-state index in [1.807, 2.05) is 7.05 Å². The Bertz CT molecular complexity index is 407. The molecule has 1 atom stereocenters. The second-order valence-corrected chi connectivity index (χ2v) is 4.45. The summed E-state index contributed by atoms with van der Waals surface area (Å²) >= 11 is 1.77. The van der Waals surface area contributed by atoms with Gasteiger partial charge in [0.25, 0.3) is 0 Å². The lowest BCUT2D eigenvalue weighted by atomic mass is 10.2. The average Bonchev–Trinajstić information content (AvgIpc) is 2.85. The fraction of sp³-hybridized carbons (Fsp3) is 0.400. The lowest BCUT2D eigenvalue weighted by Gasteiger charge is -2.11. The highest BCUT2D eigenvalue weighted by atomic mass is 32.1. The van der Waals surface area contributed by atoms with Crippen LogP contribution in [0.25, 0.3) is 0 Å². The maximum absolute atomic E-state index is 3.89. The van der Waals surface area contributed by atoms with E-state index >= 15 is 0 Å². The Hall–Kier alpha value is -1.20. The van der Waals surface area contributed by atoms with Gasteiger partial charge < -0.3 is 5.32 Å². The predicted octanol–water partition coefficient (Wildman–Crippen LogP) is 1.73. The molecule has 15 heavy (non-hydrogen) atoms. The summed E-state index contributed by atoms with van der Waals surface area (Å²) in [7, 11) is 1.90. The van der Waals surface area contributed by atoms with Gasteiger partial charge in [0.1, 0.15) is 0 Å². The maximum atomic E-state index is 3.89. The lowest BCUT2D eigenvalue weighted by molar-refractivity contribution is 0.552. The van der Waals surface area contributed by atoms with Crippen molar-refractivity contribution in [2.75, 3.05) is 0 Å². The van der Waals surface area contributed by atoms with E-state index in [4.69, 9.17) is 0 Å². The molecule has 0 aromatic carbocycles. The zero-order chi connectivity index (χ0) is 10.7. The number of rotatable bonds is 4. The van der Waals surface area contributed by atoms with E-state index in [1.54, 1.807) is 22.2 Å². The van der Waals surface area contributed by atoms with Crippen LogP contribution in [0, 0.1) is 0 Å². The first kappa shape index (κ1) is 10.3. The van der Waals surface area contributed by atoms with E-state index in [0.717, 1.165) is 12.2 Å². The summed E-state index contributed by atoms with van der Waals surface area (Å²) in [6.07, 6.45) is 1.79. The van der Waals surface area contributed by atoms with E-state index in [9.17, 15) is 0 Å². The van der Waals surface area contributed by atoms with Crippen molar-refractivity contribution >= 4 is 11.3 Å². The van der Waals surface area contributed by atoms with Crippen LogP contribution in [0.3, 0.4) is 0 Å². The van der Waals surface area contributed by atoms with Gasteiger partial charge in [-0.1, -0.05) is 11.3 Å². The third kappa shape index (κ3) is 2.43. The third-order valence-electron chi connectivity index (χ3n) is 2.37. The summed E-state index contributed by atoms with van der Waals surface area (Å²) in [6.45, 7) is 2.96. The molecule has 0 unspecified atom stereocenters. The molecular weight excluding hydrogens is 208 g/mol. The molecule has 0 aliphatic carbocycles. The fourth-order valence-corrected chi connectivity index (χ4v) is 2.13. The summed E-state index contributed by atoms with van der Waals surface area (Å²) in [5.41, 5.74) is 1.10. The monoisotopic (exact) mass is 222 g/mol. The van der Waals surface area contributed by atoms with Crippen molar-refractivity contribution in [3.8, 4) is 0 Å². The summed E-state index contributed by atoms with van der Waals surface area (Å²) in [5.74, 6) is 0. The van der Waals surface area contributed by atoms with E-state index in [0.29, 0.717) is 6.04 Å². The van der Waals surface area contributed by atoms with Crippen LogP contribution in [-0.4, -0.2) is 15.0 Å². The molecule has 5 heteroatoms. The Morgan fingerprint density at radius 3 is 3.07 bits per heavy atom. The number of thiophene rings is 1. The minimum Gasteiger partial charge on any atom is -0.304 e. The van der Waals surface area contributed by atoms with Gasteiger partial charge in [0.05, 0.1) is 11.9 Å². The Morgan fingerprint density at radius 2 is 2.47 bits per heavy atom. The largest absolute Gasteiger partial charge is 0.304 e. The Kier molecular flexibility index (Phi) is 3.13. The number of hydrogen-bond acceptors (Lipinski definition) is 4. The van der Waals surface area contributed by atoms with E-state index < -0.39 is 0 Å². The second kappa shape index (κ2) is 4.55. The van der Waals surface area contributed by atoms with Crippen molar-refractivity contribution in [1.82, 2.24) is 20.3 Å². The quantitative estimate of drug-likeness (QED) is 0.856. The van der Waals surface area contributed by atoms with Gasteiger partial charge >= 0.3 is 0 Å². The molecule has 2 aromatic rings. The van der Waals surface area contributed by atoms with Crippen molar-refractivity contribution in [2.24, 2.45) is 7.05 Å². The molecule has 0 bridgehead atoms. The van der Waals surface area contributed by atoms with Crippen LogP contribution < -0.4 is 5.32 Å². The molecule has 2 heterocycles. The standard InChI is InChI=1S/C10H14N4S/c1-8(10-4-3-5-15-10)11-6-9-7-12-13-14(9)2/h3-5,7-8,11H,6H2,1-2H3/t8-/m0/s1. The number of hydrogen-bond donors (Lipinski definition) is 1. The van der Waals surface area contributed by atoms with Crippen molar-refractivity contribution in [3.05, 3.63) is 34.3 Å². The molecule has 0 saturated carbocycles. The van der Waals surface area contributed by atoms with E-state index in [1.165, 1.54) is 4.88 Å². The SMILES string of the molecule is C[C@H](NCc1cnnn1C)c1cccs1. The first-order chi connectivity index (χ1) is 7.27. The lowest BCUT2D eigenvalue weighted by Crippen LogP contribution is -2.18. The van der Waals surface area contributed by atoms with Gasteiger partial charge in [-0.25, -0.2) is 0 Å². The highest BCUT2D eigenvalue weighted by molar-refractivity contribution is 7.10. The molecule has 0 spiro atoms. The molecule has 0 fully saturated rings. The summed E-state index contributed by atoms with van der Waals surface area (Å²) in [6, 6.07) is 4.59. The average molecular weight is 222 g/mol. The van der Waals surface area contributed by atoms with Crippen LogP contribution in [-0.2, 0) is 13.6 Å². The first-order valence-corrected chi connectivity index (χ1v) is 5.75. The second-order valence-electron chi connectivity index (χ2n) is 3.47. The predicted molar refractivity (Wildman–Crippen MR) is 60.6 cm³/mol.